The molecule has 74 valence electrons. The Morgan fingerprint density at radius 3 is 2.62 bits per heavy atom. The highest BCUT2D eigenvalue weighted by atomic mass is 16.5. The van der Waals surface area contributed by atoms with Crippen LogP contribution < -0.4 is 5.32 Å². The molecule has 0 radical (unpaired) electrons. The third-order valence-corrected chi connectivity index (χ3v) is 2.48. The molecule has 1 amide bonds. The fourth-order valence-electron chi connectivity index (χ4n) is 1.31. The van der Waals surface area contributed by atoms with Gasteiger partial charge in [-0.15, -0.1) is 0 Å². The zero-order valence-electron chi connectivity index (χ0n) is 7.66. The average molecular weight is 187 g/mol. The van der Waals surface area contributed by atoms with Crippen molar-refractivity contribution in [1.82, 2.24) is 5.32 Å². The van der Waals surface area contributed by atoms with Gasteiger partial charge in [-0.2, -0.15) is 0 Å². The number of carbonyl (C=O) groups excluding carboxylic acids is 1. The van der Waals surface area contributed by atoms with Gasteiger partial charge in [-0.3, -0.25) is 4.79 Å². The molecule has 0 aliphatic carbocycles. The summed E-state index contributed by atoms with van der Waals surface area (Å²) in [7, 11) is 0. The Bertz CT molecular complexity index is 240. The molecule has 5 heteroatoms. The molecule has 1 aliphatic heterocycles. The molecule has 0 aromatic rings. The molecular formula is C8H13NO4. The van der Waals surface area contributed by atoms with E-state index < -0.39 is 17.4 Å². The van der Waals surface area contributed by atoms with E-state index in [9.17, 15) is 9.59 Å². The Kier molecular flexibility index (Phi) is 2.56. The minimum Gasteiger partial charge on any atom is -0.474 e. The van der Waals surface area contributed by atoms with Crippen molar-refractivity contribution in [3.8, 4) is 0 Å². The second kappa shape index (κ2) is 3.33. The Morgan fingerprint density at radius 2 is 2.23 bits per heavy atom. The van der Waals surface area contributed by atoms with Gasteiger partial charge in [0.15, 0.2) is 0 Å². The van der Waals surface area contributed by atoms with Gasteiger partial charge in [0.25, 0.3) is 0 Å². The van der Waals surface area contributed by atoms with Crippen LogP contribution >= 0.6 is 0 Å². The van der Waals surface area contributed by atoms with Crippen LogP contribution in [0.1, 0.15) is 20.3 Å². The standard InChI is InChI=1S/C8H13NO4/c1-5-8(2,3-4-13-5)9-6(10)7(11)12/h5H,3-4H2,1-2H3,(H,9,10)(H,11,12). The molecule has 1 aliphatic rings. The summed E-state index contributed by atoms with van der Waals surface area (Å²) in [6, 6.07) is 0. The largest absolute Gasteiger partial charge is 0.474 e. The number of carboxylic acid groups (broad SMARTS) is 1. The van der Waals surface area contributed by atoms with Gasteiger partial charge in [0.05, 0.1) is 11.6 Å². The molecule has 5 nitrogen and oxygen atoms in total. The zero-order valence-corrected chi connectivity index (χ0v) is 7.66. The van der Waals surface area contributed by atoms with Crippen LogP contribution in [0, 0.1) is 0 Å². The highest BCUT2D eigenvalue weighted by Gasteiger charge is 2.39. The summed E-state index contributed by atoms with van der Waals surface area (Å²) >= 11 is 0. The van der Waals surface area contributed by atoms with Crippen molar-refractivity contribution in [2.45, 2.75) is 31.9 Å². The first-order chi connectivity index (χ1) is 5.96. The van der Waals surface area contributed by atoms with E-state index in [0.717, 1.165) is 0 Å². The second-order valence-electron chi connectivity index (χ2n) is 3.44. The maximum absolute atomic E-state index is 10.9. The lowest BCUT2D eigenvalue weighted by Crippen LogP contribution is -2.52. The summed E-state index contributed by atoms with van der Waals surface area (Å²) in [5.41, 5.74) is -0.546. The molecule has 13 heavy (non-hydrogen) atoms. The van der Waals surface area contributed by atoms with Gasteiger partial charge in [0.1, 0.15) is 0 Å². The summed E-state index contributed by atoms with van der Waals surface area (Å²) in [6.45, 7) is 4.15. The number of hydrogen-bond acceptors (Lipinski definition) is 3. The summed E-state index contributed by atoms with van der Waals surface area (Å²) in [4.78, 5) is 21.2. The molecule has 0 saturated carbocycles. The quantitative estimate of drug-likeness (QED) is 0.555. The van der Waals surface area contributed by atoms with Gasteiger partial charge >= 0.3 is 11.9 Å². The SMILES string of the molecule is CC1OCCC1(C)NC(=O)C(=O)O. The maximum atomic E-state index is 10.9. The van der Waals surface area contributed by atoms with E-state index in [2.05, 4.69) is 5.32 Å². The minimum absolute atomic E-state index is 0.143. The van der Waals surface area contributed by atoms with E-state index in [1.807, 2.05) is 6.92 Å². The van der Waals surface area contributed by atoms with Crippen LogP contribution in [0.2, 0.25) is 0 Å². The Hall–Kier alpha value is -1.10. The van der Waals surface area contributed by atoms with Gasteiger partial charge < -0.3 is 15.2 Å². The predicted octanol–water partition coefficient (Wildman–Crippen LogP) is -0.245. The van der Waals surface area contributed by atoms with Crippen molar-refractivity contribution in [3.05, 3.63) is 0 Å². The lowest BCUT2D eigenvalue weighted by atomic mass is 9.95. The molecular weight excluding hydrogens is 174 g/mol. The molecule has 1 fully saturated rings. The van der Waals surface area contributed by atoms with Crippen molar-refractivity contribution < 1.29 is 19.4 Å². The van der Waals surface area contributed by atoms with Crippen molar-refractivity contribution in [3.63, 3.8) is 0 Å². The van der Waals surface area contributed by atoms with Gasteiger partial charge in [-0.1, -0.05) is 0 Å². The van der Waals surface area contributed by atoms with E-state index in [4.69, 9.17) is 9.84 Å². The number of ether oxygens (including phenoxy) is 1. The van der Waals surface area contributed by atoms with Gasteiger partial charge in [0, 0.05) is 6.61 Å². The number of aliphatic carboxylic acids is 1. The highest BCUT2D eigenvalue weighted by Crippen LogP contribution is 2.24. The molecule has 0 bridgehead atoms. The van der Waals surface area contributed by atoms with Gasteiger partial charge in [0.2, 0.25) is 0 Å². The first-order valence-electron chi connectivity index (χ1n) is 4.13. The number of amides is 1. The zero-order chi connectivity index (χ0) is 10.1. The third kappa shape index (κ3) is 1.98. The normalized spacial score (nSPS) is 32.9. The van der Waals surface area contributed by atoms with Crippen molar-refractivity contribution >= 4 is 11.9 Å². The fraction of sp³-hybridized carbons (Fsp3) is 0.750. The molecule has 2 N–H and O–H groups in total. The monoisotopic (exact) mass is 187 g/mol. The molecule has 1 heterocycles. The molecule has 0 spiro atoms. The molecule has 0 aromatic carbocycles. The Balaban J connectivity index is 2.61. The van der Waals surface area contributed by atoms with Gasteiger partial charge in [-0.25, -0.2) is 4.79 Å². The summed E-state index contributed by atoms with van der Waals surface area (Å²) in [5, 5.41) is 10.8. The van der Waals surface area contributed by atoms with Crippen LogP contribution in [-0.4, -0.2) is 35.2 Å². The van der Waals surface area contributed by atoms with Crippen LogP contribution in [0.15, 0.2) is 0 Å². The van der Waals surface area contributed by atoms with Crippen LogP contribution in [-0.2, 0) is 14.3 Å². The number of rotatable bonds is 1. The third-order valence-electron chi connectivity index (χ3n) is 2.48. The van der Waals surface area contributed by atoms with Crippen LogP contribution in [0.3, 0.4) is 0 Å². The number of carbonyl (C=O) groups is 2. The predicted molar refractivity (Wildman–Crippen MR) is 44.2 cm³/mol. The molecule has 1 rings (SSSR count). The van der Waals surface area contributed by atoms with Crippen molar-refractivity contribution in [2.75, 3.05) is 6.61 Å². The second-order valence-corrected chi connectivity index (χ2v) is 3.44. The van der Waals surface area contributed by atoms with Crippen molar-refractivity contribution in [2.24, 2.45) is 0 Å². The molecule has 2 unspecified atom stereocenters. The first kappa shape index (κ1) is 9.98. The van der Waals surface area contributed by atoms with Crippen LogP contribution in [0.25, 0.3) is 0 Å². The van der Waals surface area contributed by atoms with Crippen molar-refractivity contribution in [1.29, 1.82) is 0 Å². The smallest absolute Gasteiger partial charge is 0.394 e. The molecule has 2 atom stereocenters. The minimum atomic E-state index is -1.46. The number of nitrogens with one attached hydrogen (secondary N) is 1. The van der Waals surface area contributed by atoms with E-state index >= 15 is 0 Å². The molecule has 1 saturated heterocycles. The Morgan fingerprint density at radius 1 is 1.62 bits per heavy atom. The van der Waals surface area contributed by atoms with Crippen LogP contribution in [0.4, 0.5) is 0 Å². The lowest BCUT2D eigenvalue weighted by molar-refractivity contribution is -0.151. The van der Waals surface area contributed by atoms with E-state index in [0.29, 0.717) is 13.0 Å². The van der Waals surface area contributed by atoms with Crippen LogP contribution in [0.5, 0.6) is 0 Å². The lowest BCUT2D eigenvalue weighted by Gasteiger charge is -2.27. The van der Waals surface area contributed by atoms with E-state index in [1.54, 1.807) is 6.92 Å². The first-order valence-corrected chi connectivity index (χ1v) is 4.13. The highest BCUT2D eigenvalue weighted by molar-refractivity contribution is 6.31. The maximum Gasteiger partial charge on any atom is 0.394 e. The number of carboxylic acids is 1. The average Bonchev–Trinajstić information content (AvgIpc) is 2.32. The summed E-state index contributed by atoms with van der Waals surface area (Å²) in [5.74, 6) is -2.43. The Labute approximate surface area is 76.1 Å². The topological polar surface area (TPSA) is 75.6 Å². The summed E-state index contributed by atoms with van der Waals surface area (Å²) in [6.07, 6.45) is 0.503. The van der Waals surface area contributed by atoms with Gasteiger partial charge in [-0.05, 0) is 20.3 Å². The van der Waals surface area contributed by atoms with E-state index in [1.165, 1.54) is 0 Å². The fourth-order valence-corrected chi connectivity index (χ4v) is 1.31. The molecule has 0 aromatic heterocycles. The van der Waals surface area contributed by atoms with E-state index in [-0.39, 0.29) is 6.10 Å². The number of hydrogen-bond donors (Lipinski definition) is 2. The summed E-state index contributed by atoms with van der Waals surface area (Å²) < 4.78 is 5.24.